The SMILES string of the molecule is CN(c1nc(C(=O)NCC(O)C(O)C(C#N)Cc2ccc(O)cc2)co1)S(C)(=O)=O. The normalized spacial score (nSPS) is 14.4. The summed E-state index contributed by atoms with van der Waals surface area (Å²) < 4.78 is 28.6. The van der Waals surface area contributed by atoms with Crippen molar-refractivity contribution in [3.05, 3.63) is 41.8 Å². The number of nitrogens with one attached hydrogen (secondary N) is 1. The number of aliphatic hydroxyl groups is 2. The molecule has 162 valence electrons. The zero-order valence-corrected chi connectivity index (χ0v) is 17.1. The van der Waals surface area contributed by atoms with E-state index in [-0.39, 0.29) is 30.4 Å². The van der Waals surface area contributed by atoms with Crippen LogP contribution < -0.4 is 9.62 Å². The van der Waals surface area contributed by atoms with Crippen molar-refractivity contribution in [3.8, 4) is 11.8 Å². The van der Waals surface area contributed by atoms with Gasteiger partial charge in [0.25, 0.3) is 5.91 Å². The minimum atomic E-state index is -3.62. The van der Waals surface area contributed by atoms with Gasteiger partial charge in [-0.25, -0.2) is 12.7 Å². The number of amides is 1. The first-order valence-corrected chi connectivity index (χ1v) is 10.6. The highest BCUT2D eigenvalue weighted by atomic mass is 32.2. The molecule has 1 amide bonds. The molecule has 2 rings (SSSR count). The standard InChI is InChI=1S/C18H22N4O7S/c1-22(30(2,27)28)18-21-14(10-29-18)17(26)20-9-15(24)16(25)12(8-19)7-11-3-5-13(23)6-4-11/h3-6,10,12,15-16,23-25H,7,9H2,1-2H3,(H,20,26). The summed E-state index contributed by atoms with van der Waals surface area (Å²) in [7, 11) is -2.41. The maximum absolute atomic E-state index is 12.1. The van der Waals surface area contributed by atoms with E-state index in [1.54, 1.807) is 12.1 Å². The van der Waals surface area contributed by atoms with Crippen LogP contribution in [0.1, 0.15) is 16.1 Å². The van der Waals surface area contributed by atoms with Crippen LogP contribution in [-0.4, -0.2) is 66.7 Å². The van der Waals surface area contributed by atoms with Crippen LogP contribution in [0, 0.1) is 17.2 Å². The van der Waals surface area contributed by atoms with Crippen LogP contribution in [0.5, 0.6) is 5.75 Å². The first kappa shape index (κ1) is 23.1. The van der Waals surface area contributed by atoms with Gasteiger partial charge in [0, 0.05) is 13.6 Å². The van der Waals surface area contributed by atoms with Gasteiger partial charge in [-0.3, -0.25) is 4.79 Å². The van der Waals surface area contributed by atoms with Gasteiger partial charge in [-0.1, -0.05) is 12.1 Å². The quantitative estimate of drug-likeness (QED) is 0.406. The Labute approximate surface area is 173 Å². The molecule has 0 saturated heterocycles. The molecule has 0 bridgehead atoms. The van der Waals surface area contributed by atoms with Gasteiger partial charge in [-0.05, 0) is 24.1 Å². The van der Waals surface area contributed by atoms with Crippen LogP contribution in [0.3, 0.4) is 0 Å². The molecule has 0 aliphatic carbocycles. The number of oxazole rings is 1. The molecule has 0 radical (unpaired) electrons. The topological polar surface area (TPSA) is 177 Å². The number of nitriles is 1. The number of hydrogen-bond donors (Lipinski definition) is 4. The van der Waals surface area contributed by atoms with Crippen LogP contribution in [0.2, 0.25) is 0 Å². The van der Waals surface area contributed by atoms with Crippen molar-refractivity contribution in [3.63, 3.8) is 0 Å². The van der Waals surface area contributed by atoms with Gasteiger partial charge in [0.05, 0.1) is 30.5 Å². The lowest BCUT2D eigenvalue weighted by Gasteiger charge is -2.22. The monoisotopic (exact) mass is 438 g/mol. The highest BCUT2D eigenvalue weighted by Gasteiger charge is 2.28. The number of nitrogens with zero attached hydrogens (tertiary/aromatic N) is 3. The van der Waals surface area contributed by atoms with Gasteiger partial charge >= 0.3 is 6.01 Å². The van der Waals surface area contributed by atoms with Crippen LogP contribution >= 0.6 is 0 Å². The zero-order chi connectivity index (χ0) is 22.5. The van der Waals surface area contributed by atoms with Crippen molar-refractivity contribution in [2.45, 2.75) is 18.6 Å². The maximum atomic E-state index is 12.1. The number of phenolic OH excluding ortho intramolecular Hbond substituents is 1. The molecular weight excluding hydrogens is 416 g/mol. The molecule has 4 N–H and O–H groups in total. The van der Waals surface area contributed by atoms with Crippen molar-refractivity contribution >= 4 is 21.9 Å². The van der Waals surface area contributed by atoms with Crippen molar-refractivity contribution in [1.82, 2.24) is 10.3 Å². The second kappa shape index (κ2) is 9.57. The predicted octanol–water partition coefficient (Wildman–Crippen LogP) is -0.390. The number of hydrogen-bond acceptors (Lipinski definition) is 9. The van der Waals surface area contributed by atoms with E-state index < -0.39 is 34.1 Å². The molecule has 0 spiro atoms. The van der Waals surface area contributed by atoms with E-state index in [1.807, 2.05) is 6.07 Å². The van der Waals surface area contributed by atoms with Gasteiger partial charge in [0.1, 0.15) is 12.0 Å². The van der Waals surface area contributed by atoms with Gasteiger partial charge in [0.15, 0.2) is 5.69 Å². The third kappa shape index (κ3) is 5.93. The minimum Gasteiger partial charge on any atom is -0.508 e. The number of phenols is 1. The lowest BCUT2D eigenvalue weighted by atomic mass is 9.92. The molecule has 12 heteroatoms. The average molecular weight is 438 g/mol. The minimum absolute atomic E-state index is 0.0642. The Morgan fingerprint density at radius 3 is 2.53 bits per heavy atom. The molecule has 1 heterocycles. The molecular formula is C18H22N4O7S. The van der Waals surface area contributed by atoms with E-state index in [9.17, 15) is 33.8 Å². The fraction of sp³-hybridized carbons (Fsp3) is 0.389. The van der Waals surface area contributed by atoms with Crippen LogP contribution in [-0.2, 0) is 16.4 Å². The van der Waals surface area contributed by atoms with Crippen molar-refractivity contribution in [2.75, 3.05) is 24.2 Å². The van der Waals surface area contributed by atoms with Crippen LogP contribution in [0.4, 0.5) is 6.01 Å². The van der Waals surface area contributed by atoms with Gasteiger partial charge in [-0.15, -0.1) is 0 Å². The average Bonchev–Trinajstić information content (AvgIpc) is 3.19. The smallest absolute Gasteiger partial charge is 0.311 e. The molecule has 0 aliphatic rings. The molecule has 30 heavy (non-hydrogen) atoms. The lowest BCUT2D eigenvalue weighted by molar-refractivity contribution is -0.00203. The number of aromatic hydroxyl groups is 1. The number of aliphatic hydroxyl groups excluding tert-OH is 2. The summed E-state index contributed by atoms with van der Waals surface area (Å²) in [6, 6.07) is 7.69. The Bertz CT molecular complexity index is 1010. The summed E-state index contributed by atoms with van der Waals surface area (Å²) in [5.41, 5.74) is 0.461. The molecule has 3 unspecified atom stereocenters. The van der Waals surface area contributed by atoms with Gasteiger partial charge in [-0.2, -0.15) is 10.2 Å². The highest BCUT2D eigenvalue weighted by Crippen LogP contribution is 2.18. The van der Waals surface area contributed by atoms with E-state index in [0.717, 1.165) is 16.8 Å². The number of rotatable bonds is 9. The molecule has 2 aromatic rings. The Morgan fingerprint density at radius 1 is 1.33 bits per heavy atom. The van der Waals surface area contributed by atoms with E-state index in [2.05, 4.69) is 10.3 Å². The van der Waals surface area contributed by atoms with Crippen molar-refractivity contribution in [2.24, 2.45) is 5.92 Å². The van der Waals surface area contributed by atoms with Gasteiger partial charge in [0.2, 0.25) is 10.0 Å². The first-order valence-electron chi connectivity index (χ1n) is 8.74. The Hall–Kier alpha value is -3.14. The lowest BCUT2D eigenvalue weighted by Crippen LogP contribution is -2.42. The van der Waals surface area contributed by atoms with E-state index in [1.165, 1.54) is 19.2 Å². The Morgan fingerprint density at radius 2 is 1.97 bits per heavy atom. The summed E-state index contributed by atoms with van der Waals surface area (Å²) >= 11 is 0. The molecule has 0 saturated carbocycles. The Balaban J connectivity index is 1.94. The van der Waals surface area contributed by atoms with Gasteiger partial charge < -0.3 is 25.1 Å². The molecule has 0 fully saturated rings. The number of anilines is 1. The fourth-order valence-corrected chi connectivity index (χ4v) is 2.83. The molecule has 11 nitrogen and oxygen atoms in total. The number of benzene rings is 1. The van der Waals surface area contributed by atoms with Crippen LogP contribution in [0.25, 0.3) is 0 Å². The van der Waals surface area contributed by atoms with E-state index in [0.29, 0.717) is 5.56 Å². The van der Waals surface area contributed by atoms with Crippen molar-refractivity contribution in [1.29, 1.82) is 5.26 Å². The maximum Gasteiger partial charge on any atom is 0.311 e. The number of carbonyl (C=O) groups excluding carboxylic acids is 1. The molecule has 1 aromatic carbocycles. The number of aromatic nitrogens is 1. The summed E-state index contributed by atoms with van der Waals surface area (Å²) in [4.78, 5) is 15.9. The third-order valence-electron chi connectivity index (χ3n) is 4.33. The molecule has 0 aliphatic heterocycles. The summed E-state index contributed by atoms with van der Waals surface area (Å²) in [6.07, 6.45) is -0.863. The van der Waals surface area contributed by atoms with E-state index >= 15 is 0 Å². The summed E-state index contributed by atoms with van der Waals surface area (Å²) in [6.45, 7) is -0.377. The summed E-state index contributed by atoms with van der Waals surface area (Å²) in [5.74, 6) is -1.65. The second-order valence-electron chi connectivity index (χ2n) is 6.62. The molecule has 3 atom stereocenters. The van der Waals surface area contributed by atoms with Crippen molar-refractivity contribution < 1.29 is 32.9 Å². The third-order valence-corrected chi connectivity index (χ3v) is 5.48. The largest absolute Gasteiger partial charge is 0.508 e. The number of carbonyl (C=O) groups is 1. The highest BCUT2D eigenvalue weighted by molar-refractivity contribution is 7.92. The fourth-order valence-electron chi connectivity index (χ4n) is 2.46. The zero-order valence-electron chi connectivity index (χ0n) is 16.3. The number of sulfonamides is 1. The molecule has 1 aromatic heterocycles. The second-order valence-corrected chi connectivity index (χ2v) is 8.63. The van der Waals surface area contributed by atoms with E-state index in [4.69, 9.17) is 4.42 Å². The first-order chi connectivity index (χ1) is 14.0. The van der Waals surface area contributed by atoms with Crippen LogP contribution in [0.15, 0.2) is 34.9 Å². The summed E-state index contributed by atoms with van der Waals surface area (Å²) in [5, 5.41) is 41.3. The Kier molecular flexibility index (Phi) is 7.38. The predicted molar refractivity (Wildman–Crippen MR) is 105 cm³/mol.